The van der Waals surface area contributed by atoms with Gasteiger partial charge in [-0.15, -0.1) is 0 Å². The molecule has 1 heterocycles. The van der Waals surface area contributed by atoms with Gasteiger partial charge in [-0.2, -0.15) is 0 Å². The highest BCUT2D eigenvalue weighted by atomic mass is 19.1. The first kappa shape index (κ1) is 12.3. The summed E-state index contributed by atoms with van der Waals surface area (Å²) in [7, 11) is 0. The van der Waals surface area contributed by atoms with E-state index < -0.39 is 11.6 Å². The van der Waals surface area contributed by atoms with Gasteiger partial charge in [-0.05, 0) is 44.9 Å². The van der Waals surface area contributed by atoms with Crippen LogP contribution in [0.3, 0.4) is 0 Å². The molecule has 17 heavy (non-hydrogen) atoms. The predicted octanol–water partition coefficient (Wildman–Crippen LogP) is 3.33. The molecule has 0 amide bonds. The van der Waals surface area contributed by atoms with Gasteiger partial charge in [0, 0.05) is 6.04 Å². The van der Waals surface area contributed by atoms with Crippen molar-refractivity contribution in [2.45, 2.75) is 44.9 Å². The lowest BCUT2D eigenvalue weighted by Gasteiger charge is -2.33. The van der Waals surface area contributed by atoms with E-state index in [2.05, 4.69) is 5.32 Å². The number of rotatable bonds is 2. The molecule has 2 unspecified atom stereocenters. The normalized spacial score (nSPS) is 29.1. The molecular weight excluding hydrogens is 224 g/mol. The summed E-state index contributed by atoms with van der Waals surface area (Å²) >= 11 is 0. The van der Waals surface area contributed by atoms with Crippen LogP contribution in [-0.4, -0.2) is 18.2 Å². The zero-order chi connectivity index (χ0) is 12.4. The molecule has 1 fully saturated rings. The molecule has 0 spiro atoms. The number of hydrogen-bond acceptors (Lipinski definition) is 2. The first-order chi connectivity index (χ1) is 8.04. The van der Waals surface area contributed by atoms with Gasteiger partial charge < -0.3 is 10.1 Å². The van der Waals surface area contributed by atoms with Crippen LogP contribution >= 0.6 is 0 Å². The maximum absolute atomic E-state index is 13.5. The van der Waals surface area contributed by atoms with Gasteiger partial charge in [-0.3, -0.25) is 0 Å². The summed E-state index contributed by atoms with van der Waals surface area (Å²) in [5, 5.41) is 3.06. The van der Waals surface area contributed by atoms with Gasteiger partial charge >= 0.3 is 0 Å². The molecule has 2 nitrogen and oxygen atoms in total. The van der Waals surface area contributed by atoms with E-state index in [9.17, 15) is 8.78 Å². The Morgan fingerprint density at radius 2 is 1.82 bits per heavy atom. The van der Waals surface area contributed by atoms with E-state index in [0.29, 0.717) is 0 Å². The molecule has 0 aliphatic carbocycles. The summed E-state index contributed by atoms with van der Waals surface area (Å²) in [6.07, 6.45) is 1.90. The average Bonchev–Trinajstić information content (AvgIpc) is 2.22. The summed E-state index contributed by atoms with van der Waals surface area (Å²) in [5.74, 6) is -0.847. The molecule has 1 aliphatic heterocycles. The van der Waals surface area contributed by atoms with Crippen molar-refractivity contribution in [3.05, 3.63) is 29.8 Å². The lowest BCUT2D eigenvalue weighted by Crippen LogP contribution is -2.37. The highest BCUT2D eigenvalue weighted by molar-refractivity contribution is 5.45. The number of ether oxygens (including phenoxy) is 1. The molecule has 1 aromatic carbocycles. The van der Waals surface area contributed by atoms with Crippen molar-refractivity contribution >= 4 is 5.69 Å². The minimum atomic E-state index is -0.429. The van der Waals surface area contributed by atoms with E-state index in [0.717, 1.165) is 25.0 Å². The molecule has 1 saturated heterocycles. The maximum Gasteiger partial charge on any atom is 0.146 e. The van der Waals surface area contributed by atoms with Crippen molar-refractivity contribution in [1.82, 2.24) is 0 Å². The van der Waals surface area contributed by atoms with Crippen LogP contribution in [0, 0.1) is 11.6 Å². The molecule has 1 aliphatic rings. The topological polar surface area (TPSA) is 21.3 Å². The Morgan fingerprint density at radius 3 is 2.47 bits per heavy atom. The summed E-state index contributed by atoms with van der Waals surface area (Å²) in [4.78, 5) is 0. The Kier molecular flexibility index (Phi) is 3.62. The highest BCUT2D eigenvalue weighted by Crippen LogP contribution is 2.24. The van der Waals surface area contributed by atoms with Crippen LogP contribution in [0.1, 0.15) is 26.7 Å². The molecule has 0 saturated carbocycles. The third-order valence-corrected chi connectivity index (χ3v) is 2.99. The summed E-state index contributed by atoms with van der Waals surface area (Å²) in [6, 6.07) is 3.59. The molecule has 2 atom stereocenters. The number of benzene rings is 1. The minimum absolute atomic E-state index is 0.130. The zero-order valence-corrected chi connectivity index (χ0v) is 10.0. The largest absolute Gasteiger partial charge is 0.380 e. The molecule has 4 heteroatoms. The van der Waals surface area contributed by atoms with Gasteiger partial charge in [0.05, 0.1) is 17.9 Å². The zero-order valence-electron chi connectivity index (χ0n) is 10.0. The minimum Gasteiger partial charge on any atom is -0.380 e. The van der Waals surface area contributed by atoms with Crippen molar-refractivity contribution in [3.63, 3.8) is 0 Å². The summed E-state index contributed by atoms with van der Waals surface area (Å²) in [5.41, 5.74) is 0.233. The Balaban J connectivity index is 2.07. The van der Waals surface area contributed by atoms with E-state index >= 15 is 0 Å². The fourth-order valence-corrected chi connectivity index (χ4v) is 2.35. The first-order valence-electron chi connectivity index (χ1n) is 5.91. The molecule has 1 N–H and O–H groups in total. The first-order valence-corrected chi connectivity index (χ1v) is 5.91. The smallest absolute Gasteiger partial charge is 0.146 e. The lowest BCUT2D eigenvalue weighted by molar-refractivity contribution is -0.0338. The van der Waals surface area contributed by atoms with Crippen molar-refractivity contribution < 1.29 is 13.5 Å². The van der Waals surface area contributed by atoms with Gasteiger partial charge in [-0.25, -0.2) is 8.78 Å². The highest BCUT2D eigenvalue weighted by Gasteiger charge is 2.24. The Hall–Kier alpha value is -1.16. The Labute approximate surface area is 100.0 Å². The SMILES string of the molecule is CC1CC(Nc2cc(F)ccc2F)CC(C)O1. The van der Waals surface area contributed by atoms with Crippen LogP contribution in [0.4, 0.5) is 14.5 Å². The summed E-state index contributed by atoms with van der Waals surface area (Å²) < 4.78 is 32.1. The Morgan fingerprint density at radius 1 is 1.18 bits per heavy atom. The van der Waals surface area contributed by atoms with E-state index in [1.165, 1.54) is 6.07 Å². The van der Waals surface area contributed by atoms with Gasteiger partial charge in [0.1, 0.15) is 11.6 Å². The molecule has 0 aromatic heterocycles. The van der Waals surface area contributed by atoms with Crippen LogP contribution in [0.5, 0.6) is 0 Å². The van der Waals surface area contributed by atoms with Gasteiger partial charge in [0.15, 0.2) is 0 Å². The number of hydrogen-bond donors (Lipinski definition) is 1. The van der Waals surface area contributed by atoms with Crippen LogP contribution in [0.15, 0.2) is 18.2 Å². The maximum atomic E-state index is 13.5. The number of anilines is 1. The van der Waals surface area contributed by atoms with Crippen LogP contribution in [0.2, 0.25) is 0 Å². The fraction of sp³-hybridized carbons (Fsp3) is 0.538. The summed E-state index contributed by atoms with van der Waals surface area (Å²) in [6.45, 7) is 3.98. The second-order valence-electron chi connectivity index (χ2n) is 4.69. The van der Waals surface area contributed by atoms with Gasteiger partial charge in [0.25, 0.3) is 0 Å². The van der Waals surface area contributed by atoms with E-state index in [4.69, 9.17) is 4.74 Å². The number of halogens is 2. The second kappa shape index (κ2) is 5.00. The third kappa shape index (κ3) is 3.16. The van der Waals surface area contributed by atoms with E-state index in [1.54, 1.807) is 0 Å². The monoisotopic (exact) mass is 241 g/mol. The van der Waals surface area contributed by atoms with Gasteiger partial charge in [0.2, 0.25) is 0 Å². The average molecular weight is 241 g/mol. The molecule has 94 valence electrons. The lowest BCUT2D eigenvalue weighted by atomic mass is 9.99. The predicted molar refractivity (Wildman–Crippen MR) is 63.0 cm³/mol. The van der Waals surface area contributed by atoms with Crippen LogP contribution in [-0.2, 0) is 4.74 Å². The molecular formula is C13H17F2NO. The Bertz CT molecular complexity index is 387. The van der Waals surface area contributed by atoms with Crippen LogP contribution in [0.25, 0.3) is 0 Å². The van der Waals surface area contributed by atoms with Gasteiger partial charge in [-0.1, -0.05) is 0 Å². The van der Waals surface area contributed by atoms with Crippen molar-refractivity contribution in [2.75, 3.05) is 5.32 Å². The fourth-order valence-electron chi connectivity index (χ4n) is 2.35. The van der Waals surface area contributed by atoms with Crippen molar-refractivity contribution in [3.8, 4) is 0 Å². The van der Waals surface area contributed by atoms with Crippen molar-refractivity contribution in [2.24, 2.45) is 0 Å². The molecule has 2 rings (SSSR count). The third-order valence-electron chi connectivity index (χ3n) is 2.99. The molecule has 1 aromatic rings. The van der Waals surface area contributed by atoms with E-state index in [-0.39, 0.29) is 23.9 Å². The van der Waals surface area contributed by atoms with Crippen LogP contribution < -0.4 is 5.32 Å². The van der Waals surface area contributed by atoms with E-state index in [1.807, 2.05) is 13.8 Å². The molecule has 0 radical (unpaired) electrons. The quantitative estimate of drug-likeness (QED) is 0.857. The second-order valence-corrected chi connectivity index (χ2v) is 4.69. The number of nitrogens with one attached hydrogen (secondary N) is 1. The standard InChI is InChI=1S/C13H17F2NO/c1-8-5-11(6-9(2)17-8)16-13-7-10(14)3-4-12(13)15/h3-4,7-9,11,16H,5-6H2,1-2H3. The molecule has 0 bridgehead atoms. The van der Waals surface area contributed by atoms with Crippen molar-refractivity contribution in [1.29, 1.82) is 0 Å².